The molecule has 0 unspecified atom stereocenters. The maximum Gasteiger partial charge on any atom is 0.278 e. The molecule has 0 aliphatic carbocycles. The van der Waals surface area contributed by atoms with E-state index in [9.17, 15) is 13.6 Å². The number of halogens is 2. The molecular formula is C18H12F2N4O. The van der Waals surface area contributed by atoms with Gasteiger partial charge in [0.25, 0.3) is 5.91 Å². The number of nitrogens with zero attached hydrogens (tertiary/aromatic N) is 4. The second-order valence-electron chi connectivity index (χ2n) is 5.24. The number of benzene rings is 2. The van der Waals surface area contributed by atoms with Crippen molar-refractivity contribution in [1.82, 2.24) is 9.78 Å². The van der Waals surface area contributed by atoms with Crippen LogP contribution in [0, 0.1) is 23.0 Å². The third kappa shape index (κ3) is 3.10. The number of carbonyl (C=O) groups is 1. The first-order valence-electron chi connectivity index (χ1n) is 7.29. The molecule has 25 heavy (non-hydrogen) atoms. The molecule has 3 rings (SSSR count). The van der Waals surface area contributed by atoms with Gasteiger partial charge in [-0.15, -0.1) is 0 Å². The molecule has 3 aromatic rings. The smallest absolute Gasteiger partial charge is 0.278 e. The van der Waals surface area contributed by atoms with E-state index in [0.717, 1.165) is 16.8 Å². The first-order chi connectivity index (χ1) is 12.0. The van der Waals surface area contributed by atoms with Crippen molar-refractivity contribution in [3.05, 3.63) is 77.6 Å². The van der Waals surface area contributed by atoms with Crippen LogP contribution in [0.25, 0.3) is 5.69 Å². The van der Waals surface area contributed by atoms with Gasteiger partial charge in [-0.05, 0) is 36.4 Å². The van der Waals surface area contributed by atoms with E-state index in [2.05, 4.69) is 5.10 Å². The quantitative estimate of drug-likeness (QED) is 0.736. The molecule has 1 amide bonds. The minimum atomic E-state index is -0.780. The zero-order valence-electron chi connectivity index (χ0n) is 13.1. The average molecular weight is 338 g/mol. The highest BCUT2D eigenvalue weighted by molar-refractivity contribution is 6.04. The fourth-order valence-corrected chi connectivity index (χ4v) is 2.34. The van der Waals surface area contributed by atoms with Crippen molar-refractivity contribution in [2.75, 3.05) is 11.9 Å². The zero-order chi connectivity index (χ0) is 18.0. The summed E-state index contributed by atoms with van der Waals surface area (Å²) in [7, 11) is 1.53. The maximum absolute atomic E-state index is 13.8. The predicted molar refractivity (Wildman–Crippen MR) is 87.4 cm³/mol. The Labute approximate surface area is 142 Å². The molecule has 2 aromatic carbocycles. The van der Waals surface area contributed by atoms with Crippen LogP contribution in [0.4, 0.5) is 14.5 Å². The van der Waals surface area contributed by atoms with Gasteiger partial charge in [0.1, 0.15) is 5.69 Å². The number of hydrogen-bond acceptors (Lipinski definition) is 3. The molecule has 1 heterocycles. The molecule has 0 aliphatic rings. The van der Waals surface area contributed by atoms with E-state index < -0.39 is 17.5 Å². The van der Waals surface area contributed by atoms with E-state index in [1.807, 2.05) is 6.07 Å². The summed E-state index contributed by atoms with van der Waals surface area (Å²) in [6, 6.07) is 13.4. The van der Waals surface area contributed by atoms with Crippen LogP contribution in [-0.2, 0) is 0 Å². The van der Waals surface area contributed by atoms with Crippen LogP contribution in [0.3, 0.4) is 0 Å². The van der Waals surface area contributed by atoms with Crippen molar-refractivity contribution < 1.29 is 13.6 Å². The number of carbonyl (C=O) groups excluding carboxylic acids is 1. The number of anilines is 1. The fourth-order valence-electron chi connectivity index (χ4n) is 2.34. The Hall–Kier alpha value is -3.53. The largest absolute Gasteiger partial charge is 0.310 e. The van der Waals surface area contributed by atoms with Crippen LogP contribution in [0.5, 0.6) is 0 Å². The summed E-state index contributed by atoms with van der Waals surface area (Å²) in [5.74, 6) is -2.03. The standard InChI is InChI=1S/C18H12F2N4O/c1-23(13-5-2-4-12(10-13)11-21)18(25)16-8-9-24(22-16)17-14(19)6-3-7-15(17)20/h2-10H,1H3. The molecule has 0 N–H and O–H groups in total. The highest BCUT2D eigenvalue weighted by Crippen LogP contribution is 2.19. The van der Waals surface area contributed by atoms with Crippen molar-refractivity contribution in [3.63, 3.8) is 0 Å². The summed E-state index contributed by atoms with van der Waals surface area (Å²) in [5.41, 5.74) is 0.593. The molecule has 5 nitrogen and oxygen atoms in total. The number of hydrogen-bond donors (Lipinski definition) is 0. The van der Waals surface area contributed by atoms with Crippen LogP contribution in [0.15, 0.2) is 54.7 Å². The number of amides is 1. The molecule has 124 valence electrons. The molecule has 0 aliphatic heterocycles. The monoisotopic (exact) mass is 338 g/mol. The molecule has 0 bridgehead atoms. The van der Waals surface area contributed by atoms with Crippen molar-refractivity contribution in [2.24, 2.45) is 0 Å². The van der Waals surface area contributed by atoms with Gasteiger partial charge in [0.05, 0.1) is 11.6 Å². The van der Waals surface area contributed by atoms with Crippen molar-refractivity contribution >= 4 is 11.6 Å². The number of aromatic nitrogens is 2. The van der Waals surface area contributed by atoms with E-state index in [1.54, 1.807) is 24.3 Å². The lowest BCUT2D eigenvalue weighted by molar-refractivity contribution is 0.0988. The highest BCUT2D eigenvalue weighted by atomic mass is 19.1. The summed E-state index contributed by atoms with van der Waals surface area (Å²) >= 11 is 0. The third-order valence-corrected chi connectivity index (χ3v) is 3.64. The van der Waals surface area contributed by atoms with Gasteiger partial charge in [-0.2, -0.15) is 10.4 Å². The Morgan fingerprint density at radius 1 is 1.16 bits per heavy atom. The van der Waals surface area contributed by atoms with Gasteiger partial charge in [0, 0.05) is 18.9 Å². The Morgan fingerprint density at radius 2 is 1.84 bits per heavy atom. The van der Waals surface area contributed by atoms with Crippen molar-refractivity contribution in [1.29, 1.82) is 5.26 Å². The molecule has 0 atom stereocenters. The lowest BCUT2D eigenvalue weighted by atomic mass is 10.2. The van der Waals surface area contributed by atoms with Crippen LogP contribution in [0.2, 0.25) is 0 Å². The van der Waals surface area contributed by atoms with Crippen LogP contribution >= 0.6 is 0 Å². The number of nitriles is 1. The lowest BCUT2D eigenvalue weighted by Gasteiger charge is -2.16. The van der Waals surface area contributed by atoms with E-state index in [4.69, 9.17) is 5.26 Å². The normalized spacial score (nSPS) is 10.3. The number of para-hydroxylation sites is 1. The van der Waals surface area contributed by atoms with Crippen LogP contribution in [0.1, 0.15) is 16.1 Å². The Balaban J connectivity index is 1.92. The zero-order valence-corrected chi connectivity index (χ0v) is 13.1. The molecule has 7 heteroatoms. The minimum absolute atomic E-state index is 0.0208. The molecular weight excluding hydrogens is 326 g/mol. The molecule has 1 aromatic heterocycles. The fraction of sp³-hybridized carbons (Fsp3) is 0.0556. The van der Waals surface area contributed by atoms with Gasteiger partial charge >= 0.3 is 0 Å². The molecule has 0 spiro atoms. The van der Waals surface area contributed by atoms with Crippen molar-refractivity contribution in [2.45, 2.75) is 0 Å². The summed E-state index contributed by atoms with van der Waals surface area (Å²) < 4.78 is 28.6. The van der Waals surface area contributed by atoms with Gasteiger partial charge in [-0.1, -0.05) is 12.1 Å². The third-order valence-electron chi connectivity index (χ3n) is 3.64. The first-order valence-corrected chi connectivity index (χ1v) is 7.29. The lowest BCUT2D eigenvalue weighted by Crippen LogP contribution is -2.26. The van der Waals surface area contributed by atoms with Crippen LogP contribution in [-0.4, -0.2) is 22.7 Å². The van der Waals surface area contributed by atoms with Gasteiger partial charge in [0.2, 0.25) is 0 Å². The minimum Gasteiger partial charge on any atom is -0.310 e. The predicted octanol–water partition coefficient (Wildman–Crippen LogP) is 3.30. The Morgan fingerprint density at radius 3 is 2.52 bits per heavy atom. The second kappa shape index (κ2) is 6.53. The molecule has 0 saturated carbocycles. The van der Waals surface area contributed by atoms with Gasteiger partial charge < -0.3 is 4.90 Å². The van der Waals surface area contributed by atoms with E-state index >= 15 is 0 Å². The summed E-state index contributed by atoms with van der Waals surface area (Å²) in [6.45, 7) is 0. The Kier molecular flexibility index (Phi) is 4.27. The molecule has 0 radical (unpaired) electrons. The first kappa shape index (κ1) is 16.3. The van der Waals surface area contributed by atoms with E-state index in [0.29, 0.717) is 11.3 Å². The van der Waals surface area contributed by atoms with Crippen LogP contribution < -0.4 is 4.90 Å². The van der Waals surface area contributed by atoms with Gasteiger partial charge in [-0.25, -0.2) is 13.5 Å². The van der Waals surface area contributed by atoms with Crippen molar-refractivity contribution in [3.8, 4) is 11.8 Å². The Bertz CT molecular complexity index is 970. The summed E-state index contributed by atoms with van der Waals surface area (Å²) in [5, 5.41) is 12.9. The topological polar surface area (TPSA) is 61.9 Å². The summed E-state index contributed by atoms with van der Waals surface area (Å²) in [4.78, 5) is 13.8. The highest BCUT2D eigenvalue weighted by Gasteiger charge is 2.19. The maximum atomic E-state index is 13.8. The van der Waals surface area contributed by atoms with E-state index in [1.165, 1.54) is 30.3 Å². The average Bonchev–Trinajstić information content (AvgIpc) is 3.10. The summed E-state index contributed by atoms with van der Waals surface area (Å²) in [6.07, 6.45) is 1.31. The van der Waals surface area contributed by atoms with Gasteiger partial charge in [0.15, 0.2) is 17.3 Å². The second-order valence-corrected chi connectivity index (χ2v) is 5.24. The van der Waals surface area contributed by atoms with E-state index in [-0.39, 0.29) is 11.4 Å². The van der Waals surface area contributed by atoms with Gasteiger partial charge in [-0.3, -0.25) is 4.79 Å². The molecule has 0 fully saturated rings. The molecule has 0 saturated heterocycles. The number of rotatable bonds is 3. The SMILES string of the molecule is CN(C(=O)c1ccn(-c2c(F)cccc2F)n1)c1cccc(C#N)c1.